The molecule has 0 bridgehead atoms. The Balaban J connectivity index is 2.93. The van der Waals surface area contributed by atoms with Crippen molar-refractivity contribution < 1.29 is 9.53 Å². The van der Waals surface area contributed by atoms with E-state index in [1.807, 2.05) is 0 Å². The first-order chi connectivity index (χ1) is 7.19. The van der Waals surface area contributed by atoms with Gasteiger partial charge in [-0.2, -0.15) is 0 Å². The molecule has 1 rings (SSSR count). The molecule has 0 spiro atoms. The second-order valence-electron chi connectivity index (χ2n) is 3.00. The Morgan fingerprint density at radius 3 is 3.00 bits per heavy atom. The molecule has 0 atom stereocenters. The molecule has 1 heterocycles. The Labute approximate surface area is 91.7 Å². The highest BCUT2D eigenvalue weighted by molar-refractivity contribution is 7.71. The Hall–Kier alpha value is -1.27. The lowest BCUT2D eigenvalue weighted by molar-refractivity contribution is 0.112. The van der Waals surface area contributed by atoms with Gasteiger partial charge in [0.2, 0.25) is 0 Å². The van der Waals surface area contributed by atoms with Crippen molar-refractivity contribution in [3.63, 3.8) is 0 Å². The van der Waals surface area contributed by atoms with Crippen LogP contribution < -0.4 is 5.69 Å². The van der Waals surface area contributed by atoms with Crippen molar-refractivity contribution in [1.29, 1.82) is 0 Å². The van der Waals surface area contributed by atoms with Gasteiger partial charge in [-0.15, -0.1) is 0 Å². The Bertz CT molecular complexity index is 449. The van der Waals surface area contributed by atoms with Crippen LogP contribution in [0.2, 0.25) is 0 Å². The molecule has 0 radical (unpaired) electrons. The minimum atomic E-state index is -0.304. The van der Waals surface area contributed by atoms with Crippen LogP contribution in [0.1, 0.15) is 16.8 Å². The molecule has 0 aliphatic carbocycles. The molecule has 82 valence electrons. The summed E-state index contributed by atoms with van der Waals surface area (Å²) in [5.41, 5.74) is 0.0173. The third kappa shape index (κ3) is 3.10. The molecule has 1 aromatic rings. The number of rotatable bonds is 5. The van der Waals surface area contributed by atoms with Crippen LogP contribution in [0.15, 0.2) is 11.0 Å². The molecular weight excluding hydrogens is 216 g/mol. The SMILES string of the molecule is COCCCn1cc(C=O)c(=S)[nH]c1=O. The number of nitrogens with zero attached hydrogens (tertiary/aromatic N) is 1. The van der Waals surface area contributed by atoms with Crippen LogP contribution in [0.3, 0.4) is 0 Å². The van der Waals surface area contributed by atoms with E-state index in [1.54, 1.807) is 7.11 Å². The molecule has 0 saturated heterocycles. The van der Waals surface area contributed by atoms with Crippen molar-refractivity contribution >= 4 is 18.5 Å². The van der Waals surface area contributed by atoms with E-state index in [0.29, 0.717) is 31.4 Å². The summed E-state index contributed by atoms with van der Waals surface area (Å²) in [4.78, 5) is 24.4. The normalized spacial score (nSPS) is 10.2. The van der Waals surface area contributed by atoms with Gasteiger partial charge in [0.25, 0.3) is 0 Å². The standard InChI is InChI=1S/C9H12N2O3S/c1-14-4-2-3-11-5-7(6-12)8(15)10-9(11)13/h5-6H,2-4H2,1H3,(H,10,13,15). The van der Waals surface area contributed by atoms with Gasteiger partial charge in [0.05, 0.1) is 5.56 Å². The molecule has 0 aromatic carbocycles. The predicted molar refractivity (Wildman–Crippen MR) is 57.8 cm³/mol. The molecule has 0 amide bonds. The van der Waals surface area contributed by atoms with Gasteiger partial charge in [-0.05, 0) is 6.42 Å². The molecule has 0 saturated carbocycles. The van der Waals surface area contributed by atoms with Gasteiger partial charge >= 0.3 is 5.69 Å². The monoisotopic (exact) mass is 228 g/mol. The van der Waals surface area contributed by atoms with Gasteiger partial charge in [0, 0.05) is 26.5 Å². The smallest absolute Gasteiger partial charge is 0.326 e. The van der Waals surface area contributed by atoms with E-state index in [0.717, 1.165) is 0 Å². The molecule has 5 nitrogen and oxygen atoms in total. The number of nitrogens with one attached hydrogen (secondary N) is 1. The highest BCUT2D eigenvalue weighted by Crippen LogP contribution is 1.94. The summed E-state index contributed by atoms with van der Waals surface area (Å²) in [6, 6.07) is 0. The molecule has 1 N–H and O–H groups in total. The van der Waals surface area contributed by atoms with Gasteiger partial charge in [-0.1, -0.05) is 12.2 Å². The van der Waals surface area contributed by atoms with Gasteiger partial charge in [0.1, 0.15) is 4.64 Å². The number of hydrogen-bond donors (Lipinski definition) is 1. The number of aromatic amines is 1. The summed E-state index contributed by atoms with van der Waals surface area (Å²) in [6.45, 7) is 1.07. The second-order valence-corrected chi connectivity index (χ2v) is 3.41. The first kappa shape index (κ1) is 11.8. The fraction of sp³-hybridized carbons (Fsp3) is 0.444. The number of aldehydes is 1. The van der Waals surface area contributed by atoms with E-state index in [2.05, 4.69) is 4.98 Å². The maximum absolute atomic E-state index is 11.4. The van der Waals surface area contributed by atoms with E-state index in [-0.39, 0.29) is 10.3 Å². The largest absolute Gasteiger partial charge is 0.385 e. The van der Waals surface area contributed by atoms with Gasteiger partial charge in [-0.3, -0.25) is 14.3 Å². The molecule has 0 aliphatic heterocycles. The topological polar surface area (TPSA) is 64.1 Å². The maximum Gasteiger partial charge on any atom is 0.326 e. The van der Waals surface area contributed by atoms with Crippen molar-refractivity contribution in [2.75, 3.05) is 13.7 Å². The van der Waals surface area contributed by atoms with Crippen LogP contribution in [0, 0.1) is 4.64 Å². The molecule has 0 aliphatic rings. The minimum Gasteiger partial charge on any atom is -0.385 e. The van der Waals surface area contributed by atoms with E-state index >= 15 is 0 Å². The zero-order valence-corrected chi connectivity index (χ0v) is 9.17. The van der Waals surface area contributed by atoms with E-state index in [9.17, 15) is 9.59 Å². The number of carbonyl (C=O) groups is 1. The number of aryl methyl sites for hydroxylation is 1. The number of hydrogen-bond acceptors (Lipinski definition) is 4. The lowest BCUT2D eigenvalue weighted by Gasteiger charge is -2.05. The van der Waals surface area contributed by atoms with Crippen molar-refractivity contribution in [2.45, 2.75) is 13.0 Å². The summed E-state index contributed by atoms with van der Waals surface area (Å²) < 4.78 is 6.46. The molecule has 0 fully saturated rings. The van der Waals surface area contributed by atoms with Crippen LogP contribution in [0.4, 0.5) is 0 Å². The van der Waals surface area contributed by atoms with Crippen LogP contribution in [0.25, 0.3) is 0 Å². The first-order valence-electron chi connectivity index (χ1n) is 4.47. The summed E-state index contributed by atoms with van der Waals surface area (Å²) in [5.74, 6) is 0. The fourth-order valence-corrected chi connectivity index (χ4v) is 1.34. The first-order valence-corrected chi connectivity index (χ1v) is 4.87. The maximum atomic E-state index is 11.4. The molecular formula is C9H12N2O3S. The van der Waals surface area contributed by atoms with Crippen LogP contribution in [-0.4, -0.2) is 29.6 Å². The number of carbonyl (C=O) groups excluding carboxylic acids is 1. The number of H-pyrrole nitrogens is 1. The number of aromatic nitrogens is 2. The second kappa shape index (κ2) is 5.57. The Morgan fingerprint density at radius 1 is 1.67 bits per heavy atom. The van der Waals surface area contributed by atoms with Crippen LogP contribution >= 0.6 is 12.2 Å². The number of ether oxygens (including phenoxy) is 1. The predicted octanol–water partition coefficient (Wildman–Crippen LogP) is 0.755. The summed E-state index contributed by atoms with van der Waals surface area (Å²) >= 11 is 4.81. The molecule has 6 heteroatoms. The van der Waals surface area contributed by atoms with Crippen molar-refractivity contribution in [1.82, 2.24) is 9.55 Å². The van der Waals surface area contributed by atoms with Gasteiger partial charge in [-0.25, -0.2) is 4.79 Å². The van der Waals surface area contributed by atoms with Crippen molar-refractivity contribution in [2.24, 2.45) is 0 Å². The summed E-state index contributed by atoms with van der Waals surface area (Å²) in [6.07, 6.45) is 2.80. The zero-order chi connectivity index (χ0) is 11.3. The highest BCUT2D eigenvalue weighted by atomic mass is 32.1. The average Bonchev–Trinajstić information content (AvgIpc) is 2.21. The van der Waals surface area contributed by atoms with Crippen molar-refractivity contribution in [3.05, 3.63) is 26.9 Å². The van der Waals surface area contributed by atoms with Crippen molar-refractivity contribution in [3.8, 4) is 0 Å². The fourth-order valence-electron chi connectivity index (χ4n) is 1.16. The Morgan fingerprint density at radius 2 is 2.40 bits per heavy atom. The zero-order valence-electron chi connectivity index (χ0n) is 8.36. The summed E-state index contributed by atoms with van der Waals surface area (Å²) in [5, 5.41) is 0. The molecule has 0 unspecified atom stereocenters. The third-order valence-electron chi connectivity index (χ3n) is 1.91. The molecule has 15 heavy (non-hydrogen) atoms. The van der Waals surface area contributed by atoms with E-state index in [1.165, 1.54) is 10.8 Å². The van der Waals surface area contributed by atoms with Gasteiger partial charge < -0.3 is 4.74 Å². The lowest BCUT2D eigenvalue weighted by atomic mass is 10.3. The van der Waals surface area contributed by atoms with Crippen LogP contribution in [-0.2, 0) is 11.3 Å². The summed E-state index contributed by atoms with van der Waals surface area (Å²) in [7, 11) is 1.60. The molecule has 1 aromatic heterocycles. The third-order valence-corrected chi connectivity index (χ3v) is 2.25. The quantitative estimate of drug-likeness (QED) is 0.459. The minimum absolute atomic E-state index is 0.179. The highest BCUT2D eigenvalue weighted by Gasteiger charge is 2.00. The van der Waals surface area contributed by atoms with E-state index < -0.39 is 0 Å². The number of methoxy groups -OCH3 is 1. The Kier molecular flexibility index (Phi) is 4.38. The van der Waals surface area contributed by atoms with Gasteiger partial charge in [0.15, 0.2) is 6.29 Å². The van der Waals surface area contributed by atoms with E-state index in [4.69, 9.17) is 17.0 Å². The van der Waals surface area contributed by atoms with Crippen LogP contribution in [0.5, 0.6) is 0 Å². The lowest BCUT2D eigenvalue weighted by Crippen LogP contribution is -2.24. The average molecular weight is 228 g/mol.